The van der Waals surface area contributed by atoms with Crippen LogP contribution in [0.15, 0.2) is 59.4 Å². The summed E-state index contributed by atoms with van der Waals surface area (Å²) in [6.45, 7) is 11.5. The van der Waals surface area contributed by atoms with Gasteiger partial charge in [0, 0.05) is 79.7 Å². The Morgan fingerprint density at radius 2 is 1.40 bits per heavy atom. The maximum Gasteiger partial charge on any atom is 0.449 e. The minimum atomic E-state index is -5.10. The van der Waals surface area contributed by atoms with Crippen LogP contribution < -0.4 is 4.74 Å². The molecule has 1 saturated heterocycles. The van der Waals surface area contributed by atoms with E-state index in [1.54, 1.807) is 12.1 Å². The zero-order chi connectivity index (χ0) is 52.7. The zero-order valence-electron chi connectivity index (χ0n) is 40.3. The van der Waals surface area contributed by atoms with Gasteiger partial charge in [-0.2, -0.15) is 26.3 Å². The average Bonchev–Trinajstić information content (AvgIpc) is 3.86. The molecule has 72 heavy (non-hydrogen) atoms. The molecule has 2 amide bonds. The van der Waals surface area contributed by atoms with Crippen molar-refractivity contribution in [3.05, 3.63) is 112 Å². The lowest BCUT2D eigenvalue weighted by atomic mass is 9.79. The van der Waals surface area contributed by atoms with Crippen LogP contribution in [0, 0.1) is 11.6 Å². The van der Waals surface area contributed by atoms with Crippen molar-refractivity contribution in [2.45, 2.75) is 89.8 Å². The van der Waals surface area contributed by atoms with E-state index in [4.69, 9.17) is 23.5 Å². The van der Waals surface area contributed by atoms with Gasteiger partial charge in [-0.05, 0) is 76.1 Å². The summed E-state index contributed by atoms with van der Waals surface area (Å²) in [6.07, 6.45) is -10.5. The molecule has 5 heterocycles. The highest BCUT2D eigenvalue weighted by atomic mass is 19.4. The molecular weight excluding hydrogens is 969 g/mol. The summed E-state index contributed by atoms with van der Waals surface area (Å²) in [5.41, 5.74) is -7.23. The number of esters is 2. The van der Waals surface area contributed by atoms with Crippen LogP contribution in [0.1, 0.15) is 109 Å². The molecular formula is C49H52F8N6O9. The van der Waals surface area contributed by atoms with Crippen molar-refractivity contribution in [1.29, 1.82) is 0 Å². The molecule has 3 aliphatic rings. The maximum absolute atomic E-state index is 14.7. The van der Waals surface area contributed by atoms with Crippen LogP contribution in [-0.4, -0.2) is 118 Å². The lowest BCUT2D eigenvalue weighted by Gasteiger charge is -2.34. The Kier molecular flexibility index (Phi) is 15.1. The zero-order valence-corrected chi connectivity index (χ0v) is 40.3. The number of nitrogens with zero attached hydrogens (tertiary/aromatic N) is 6. The molecule has 1 fully saturated rings. The molecule has 0 saturated carbocycles. The van der Waals surface area contributed by atoms with Gasteiger partial charge in [0.15, 0.2) is 23.1 Å². The number of rotatable bonds is 13. The van der Waals surface area contributed by atoms with Crippen LogP contribution in [-0.2, 0) is 54.0 Å². The van der Waals surface area contributed by atoms with E-state index >= 15 is 0 Å². The largest absolute Gasteiger partial charge is 0.492 e. The van der Waals surface area contributed by atoms with E-state index in [1.165, 1.54) is 53.7 Å². The molecule has 7 rings (SSSR count). The number of aromatic nitrogens is 3. The number of morpholine rings is 1. The number of halogens is 8. The van der Waals surface area contributed by atoms with Crippen molar-refractivity contribution >= 4 is 34.9 Å². The van der Waals surface area contributed by atoms with Crippen molar-refractivity contribution in [3.63, 3.8) is 0 Å². The van der Waals surface area contributed by atoms with E-state index in [0.29, 0.717) is 44.2 Å². The summed E-state index contributed by atoms with van der Waals surface area (Å²) in [7, 11) is 1.11. The first kappa shape index (κ1) is 53.2. The van der Waals surface area contributed by atoms with Gasteiger partial charge in [-0.1, -0.05) is 25.9 Å². The van der Waals surface area contributed by atoms with Gasteiger partial charge in [-0.25, -0.2) is 23.4 Å². The van der Waals surface area contributed by atoms with Crippen LogP contribution in [0.4, 0.5) is 35.1 Å². The van der Waals surface area contributed by atoms with Gasteiger partial charge in [0.25, 0.3) is 11.8 Å². The van der Waals surface area contributed by atoms with Gasteiger partial charge in [0.2, 0.25) is 5.82 Å². The summed E-state index contributed by atoms with van der Waals surface area (Å²) >= 11 is 0. The van der Waals surface area contributed by atoms with Crippen LogP contribution in [0.2, 0.25) is 0 Å². The summed E-state index contributed by atoms with van der Waals surface area (Å²) < 4.78 is 144. The van der Waals surface area contributed by atoms with Crippen molar-refractivity contribution in [2.75, 3.05) is 52.5 Å². The molecule has 2 aromatic carbocycles. The monoisotopic (exact) mass is 1020 g/mol. The van der Waals surface area contributed by atoms with E-state index in [9.17, 15) is 54.3 Å². The van der Waals surface area contributed by atoms with E-state index in [0.717, 1.165) is 53.0 Å². The first-order valence-electron chi connectivity index (χ1n) is 22.9. The highest BCUT2D eigenvalue weighted by Crippen LogP contribution is 2.45. The van der Waals surface area contributed by atoms with Crippen LogP contribution in [0.25, 0.3) is 11.1 Å². The fourth-order valence-corrected chi connectivity index (χ4v) is 9.03. The van der Waals surface area contributed by atoms with Gasteiger partial charge in [0.1, 0.15) is 29.2 Å². The van der Waals surface area contributed by atoms with Crippen molar-refractivity contribution < 1.29 is 77.8 Å². The molecule has 15 nitrogen and oxygen atoms in total. The van der Waals surface area contributed by atoms with Crippen molar-refractivity contribution in [1.82, 2.24) is 29.4 Å². The topological polar surface area (TPSA) is 159 Å². The highest BCUT2D eigenvalue weighted by molar-refractivity contribution is 6.18. The van der Waals surface area contributed by atoms with E-state index in [-0.39, 0.29) is 30.6 Å². The van der Waals surface area contributed by atoms with E-state index in [1.807, 2.05) is 0 Å². The minimum absolute atomic E-state index is 0.120. The number of amides is 2. The number of carbonyl (C=O) groups excluding carboxylic acids is 4. The molecule has 3 aliphatic heterocycles. The fourth-order valence-electron chi connectivity index (χ4n) is 9.03. The predicted molar refractivity (Wildman–Crippen MR) is 240 cm³/mol. The Labute approximate surface area is 408 Å². The summed E-state index contributed by atoms with van der Waals surface area (Å²) in [5.74, 6) is -8.31. The van der Waals surface area contributed by atoms with Gasteiger partial charge in [-0.3, -0.25) is 14.5 Å². The summed E-state index contributed by atoms with van der Waals surface area (Å²) in [5, 5.41) is 3.23. The number of fused-ring (bicyclic) bond motifs is 2. The van der Waals surface area contributed by atoms with Crippen molar-refractivity contribution in [3.8, 4) is 5.75 Å². The lowest BCUT2D eigenvalue weighted by Crippen LogP contribution is -2.41. The molecule has 0 N–H and O–H groups in total. The van der Waals surface area contributed by atoms with Gasteiger partial charge in [-0.15, -0.1) is 0 Å². The molecule has 2 unspecified atom stereocenters. The average molecular weight is 1020 g/mol. The first-order chi connectivity index (χ1) is 33.7. The molecule has 0 radical (unpaired) electrons. The molecule has 0 bridgehead atoms. The Balaban J connectivity index is 1.20. The molecule has 0 spiro atoms. The number of hydrogen-bond donors (Lipinski definition) is 0. The molecule has 0 aliphatic carbocycles. The molecule has 4 aromatic rings. The second-order valence-electron chi connectivity index (χ2n) is 19.0. The third-order valence-electron chi connectivity index (χ3n) is 12.5. The molecule has 388 valence electrons. The first-order valence-corrected chi connectivity index (χ1v) is 22.9. The SMILES string of the molecule is CC(C)OC(=O)C1=CN(C(=O)c2ccc(OCCN3CCOCC3)cc2)CC(C)(CCC(C)OC(=O)C2=CN(C(=O)c3ccc(F)c(F)c3)CC(C)(C)c3c(C(F)(F)F)noc32)c2c1nc(C(F)(F)F)n2C. The lowest BCUT2D eigenvalue weighted by molar-refractivity contribution is -0.147. The Morgan fingerprint density at radius 3 is 2.03 bits per heavy atom. The van der Waals surface area contributed by atoms with Crippen molar-refractivity contribution in [2.24, 2.45) is 7.05 Å². The Hall–Kier alpha value is -6.62. The van der Waals surface area contributed by atoms with Gasteiger partial charge in [0.05, 0.1) is 31.1 Å². The molecule has 2 aromatic heterocycles. The smallest absolute Gasteiger partial charge is 0.449 e. The maximum atomic E-state index is 14.7. The second-order valence-corrected chi connectivity index (χ2v) is 19.0. The number of alkyl halides is 6. The molecule has 23 heteroatoms. The quantitative estimate of drug-likeness (QED) is 0.0933. The van der Waals surface area contributed by atoms with Crippen LogP contribution in [0.5, 0.6) is 5.75 Å². The normalized spacial score (nSPS) is 18.8. The number of imidazole rings is 1. The molecule has 2 atom stereocenters. The summed E-state index contributed by atoms with van der Waals surface area (Å²) in [4.78, 5) is 64.4. The van der Waals surface area contributed by atoms with Gasteiger partial charge >= 0.3 is 24.3 Å². The van der Waals surface area contributed by atoms with Crippen LogP contribution >= 0.6 is 0 Å². The Morgan fingerprint density at radius 1 is 0.792 bits per heavy atom. The Bertz CT molecular complexity index is 2780. The standard InChI is InChI=1S/C49H52F8N6O9/c1-27(2)70-43(66)32-23-63(41(64)29-8-11-31(12-9-29)69-21-18-61-16-19-68-20-17-61)26-47(6,40-37(32)58-45(60(40)7)49(55,56)57)15-14-28(3)71-44(67)33-24-62(42(65)30-10-13-34(50)35(51)22-30)25-46(4,5)36-38(33)72-59-39(36)48(52,53)54/h8-13,22-24,27-28H,14-21,25-26H2,1-7H3. The third kappa shape index (κ3) is 11.4. The van der Waals surface area contributed by atoms with E-state index in [2.05, 4.69) is 15.0 Å². The second kappa shape index (κ2) is 20.5. The number of carbonyl (C=O) groups is 4. The number of ether oxygens (including phenoxy) is 4. The highest BCUT2D eigenvalue weighted by Gasteiger charge is 2.49. The number of benzene rings is 2. The van der Waals surface area contributed by atoms with Crippen LogP contribution in [0.3, 0.4) is 0 Å². The summed E-state index contributed by atoms with van der Waals surface area (Å²) in [6, 6.07) is 8.37. The third-order valence-corrected chi connectivity index (χ3v) is 12.5. The number of hydrogen-bond acceptors (Lipinski definition) is 12. The minimum Gasteiger partial charge on any atom is -0.492 e. The fraction of sp³-hybridized carbons (Fsp3) is 0.469. The van der Waals surface area contributed by atoms with Gasteiger partial charge < -0.3 is 37.8 Å². The predicted octanol–water partition coefficient (Wildman–Crippen LogP) is 8.33. The van der Waals surface area contributed by atoms with E-state index < -0.39 is 123 Å².